The summed E-state index contributed by atoms with van der Waals surface area (Å²) in [5.74, 6) is 2.34. The molecule has 0 aliphatic rings. The van der Waals surface area contributed by atoms with E-state index < -0.39 is 0 Å². The molecule has 66 heavy (non-hydrogen) atoms. The third kappa shape index (κ3) is 6.57. The lowest BCUT2D eigenvalue weighted by Gasteiger charge is -2.12. The minimum Gasteiger partial charge on any atom is -0.456 e. The number of para-hydroxylation sites is 1. The van der Waals surface area contributed by atoms with Crippen molar-refractivity contribution in [3.05, 3.63) is 212 Å². The van der Waals surface area contributed by atoms with Crippen LogP contribution in [0.4, 0.5) is 0 Å². The topological polar surface area (TPSA) is 90.7 Å². The maximum Gasteiger partial charge on any atom is 0.164 e. The Hall–Kier alpha value is -9.07. The molecule has 9 aromatic carbocycles. The monoisotopic (exact) mass is 845 g/mol. The third-order valence-electron chi connectivity index (χ3n) is 12.3. The van der Waals surface area contributed by atoms with Crippen molar-refractivity contribution in [3.8, 4) is 79.2 Å². The van der Waals surface area contributed by atoms with Crippen LogP contribution in [-0.4, -0.2) is 24.9 Å². The molecular formula is C59H35N5O2. The van der Waals surface area contributed by atoms with Gasteiger partial charge in [0.25, 0.3) is 0 Å². The van der Waals surface area contributed by atoms with Gasteiger partial charge in [-0.1, -0.05) is 158 Å². The Labute approximate surface area is 378 Å². The van der Waals surface area contributed by atoms with Gasteiger partial charge in [-0.3, -0.25) is 0 Å². The summed E-state index contributed by atoms with van der Waals surface area (Å²) in [6.45, 7) is 0. The number of nitrogens with zero attached hydrogens (tertiary/aromatic N) is 5. The van der Waals surface area contributed by atoms with E-state index in [1.807, 2.05) is 91.0 Å². The Morgan fingerprint density at radius 1 is 0.242 bits per heavy atom. The summed E-state index contributed by atoms with van der Waals surface area (Å²) >= 11 is 0. The lowest BCUT2D eigenvalue weighted by molar-refractivity contribution is 0.669. The molecule has 13 rings (SSSR count). The molecule has 0 radical (unpaired) electrons. The quantitative estimate of drug-likeness (QED) is 0.158. The average molecular weight is 846 g/mol. The zero-order chi connectivity index (χ0) is 43.6. The molecule has 0 N–H and O–H groups in total. The molecule has 0 saturated carbocycles. The second kappa shape index (κ2) is 15.3. The van der Waals surface area contributed by atoms with Gasteiger partial charge in [-0.15, -0.1) is 0 Å². The van der Waals surface area contributed by atoms with Crippen LogP contribution in [0.3, 0.4) is 0 Å². The van der Waals surface area contributed by atoms with Crippen LogP contribution >= 0.6 is 0 Å². The van der Waals surface area contributed by atoms with Crippen LogP contribution in [0.25, 0.3) is 134 Å². The predicted octanol–water partition coefficient (Wildman–Crippen LogP) is 15.3. The highest BCUT2D eigenvalue weighted by atomic mass is 16.3. The molecular weight excluding hydrogens is 811 g/mol. The molecule has 7 heteroatoms. The number of furan rings is 2. The highest BCUT2D eigenvalue weighted by Gasteiger charge is 2.18. The van der Waals surface area contributed by atoms with E-state index in [-0.39, 0.29) is 0 Å². The zero-order valence-electron chi connectivity index (χ0n) is 35.3. The van der Waals surface area contributed by atoms with E-state index in [9.17, 15) is 0 Å². The highest BCUT2D eigenvalue weighted by Crippen LogP contribution is 2.38. The summed E-state index contributed by atoms with van der Waals surface area (Å²) in [6, 6.07) is 72.3. The fraction of sp³-hybridized carbons (Fsp3) is 0. The molecule has 0 aliphatic heterocycles. The molecule has 0 unspecified atom stereocenters. The van der Waals surface area contributed by atoms with Crippen molar-refractivity contribution >= 4 is 54.6 Å². The lowest BCUT2D eigenvalue weighted by Crippen LogP contribution is -2.00. The van der Waals surface area contributed by atoms with Crippen LogP contribution in [-0.2, 0) is 0 Å². The molecule has 4 heterocycles. The molecule has 0 spiro atoms. The van der Waals surface area contributed by atoms with Crippen LogP contribution in [0, 0.1) is 0 Å². The van der Waals surface area contributed by atoms with Crippen LogP contribution in [0.2, 0.25) is 0 Å². The number of aromatic nitrogens is 5. The van der Waals surface area contributed by atoms with Gasteiger partial charge >= 0.3 is 0 Å². The Bertz CT molecular complexity index is 4010. The first-order valence-corrected chi connectivity index (χ1v) is 21.9. The summed E-state index contributed by atoms with van der Waals surface area (Å²) in [7, 11) is 0. The maximum atomic E-state index is 6.56. The number of hydrogen-bond acceptors (Lipinski definition) is 7. The van der Waals surface area contributed by atoms with Crippen molar-refractivity contribution in [1.29, 1.82) is 0 Å². The second-order valence-electron chi connectivity index (χ2n) is 16.4. The SMILES string of the molecule is c1ccc(-c2cc(-c3cccc(-c4cccc(-c5nc(-c6ccccc6)nc(-c6ccc7c(c6)oc6c8ccccc8ccc76)n5)c4)c3)nc(-c3ccc4c(c3)oc3ccccc34)n2)cc1. The minimum atomic E-state index is 0.562. The Kier molecular flexibility index (Phi) is 8.70. The molecule has 0 atom stereocenters. The number of rotatable bonds is 7. The molecule has 0 amide bonds. The van der Waals surface area contributed by atoms with Crippen LogP contribution < -0.4 is 0 Å². The third-order valence-corrected chi connectivity index (χ3v) is 12.3. The van der Waals surface area contributed by atoms with Gasteiger partial charge in [0.1, 0.15) is 22.3 Å². The molecule has 0 bridgehead atoms. The lowest BCUT2D eigenvalue weighted by atomic mass is 9.99. The summed E-state index contributed by atoms with van der Waals surface area (Å²) in [4.78, 5) is 25.5. The minimum absolute atomic E-state index is 0.562. The summed E-state index contributed by atoms with van der Waals surface area (Å²) in [5.41, 5.74) is 12.5. The Morgan fingerprint density at radius 2 is 0.712 bits per heavy atom. The van der Waals surface area contributed by atoms with E-state index in [4.69, 9.17) is 33.8 Å². The molecule has 0 fully saturated rings. The molecule has 7 nitrogen and oxygen atoms in total. The van der Waals surface area contributed by atoms with Gasteiger partial charge in [0.15, 0.2) is 23.3 Å². The first kappa shape index (κ1) is 37.5. The highest BCUT2D eigenvalue weighted by molar-refractivity contribution is 6.15. The smallest absolute Gasteiger partial charge is 0.164 e. The van der Waals surface area contributed by atoms with Crippen molar-refractivity contribution in [3.63, 3.8) is 0 Å². The molecule has 0 saturated heterocycles. The largest absolute Gasteiger partial charge is 0.456 e. The number of fused-ring (bicyclic) bond motifs is 8. The number of hydrogen-bond donors (Lipinski definition) is 0. The van der Waals surface area contributed by atoms with E-state index in [0.29, 0.717) is 23.3 Å². The van der Waals surface area contributed by atoms with E-state index in [1.165, 1.54) is 0 Å². The van der Waals surface area contributed by atoms with Crippen LogP contribution in [0.15, 0.2) is 221 Å². The first-order valence-electron chi connectivity index (χ1n) is 21.9. The van der Waals surface area contributed by atoms with Crippen LogP contribution in [0.5, 0.6) is 0 Å². The number of benzene rings is 9. The summed E-state index contributed by atoms with van der Waals surface area (Å²) in [6.07, 6.45) is 0. The van der Waals surface area contributed by atoms with Crippen molar-refractivity contribution in [1.82, 2.24) is 24.9 Å². The van der Waals surface area contributed by atoms with Crippen molar-refractivity contribution in [2.24, 2.45) is 0 Å². The fourth-order valence-electron chi connectivity index (χ4n) is 9.04. The van der Waals surface area contributed by atoms with Gasteiger partial charge in [0.05, 0.1) is 11.4 Å². The van der Waals surface area contributed by atoms with Crippen molar-refractivity contribution in [2.45, 2.75) is 0 Å². The fourth-order valence-corrected chi connectivity index (χ4v) is 9.04. The standard InChI is InChI=1S/C59H35N5O2/c1-3-14-37(15-4-1)50-35-51(61-57(60-50)43-26-28-47-46-23-9-10-24-52(46)65-53(47)33-43)41-20-11-18-39(31-41)40-19-12-21-42(32-40)58-62-56(38-16-5-2-6-17-38)63-59(64-58)44-27-29-48-49-30-25-36-13-7-8-22-45(36)55(49)66-54(48)34-44/h1-35H. The predicted molar refractivity (Wildman–Crippen MR) is 266 cm³/mol. The average Bonchev–Trinajstić information content (AvgIpc) is 3.97. The maximum absolute atomic E-state index is 6.56. The summed E-state index contributed by atoms with van der Waals surface area (Å²) < 4.78 is 12.8. The molecule has 13 aromatic rings. The van der Waals surface area contributed by atoms with Crippen molar-refractivity contribution < 1.29 is 8.83 Å². The Balaban J connectivity index is 0.896. The van der Waals surface area contributed by atoms with E-state index in [0.717, 1.165) is 111 Å². The van der Waals surface area contributed by atoms with E-state index in [1.54, 1.807) is 0 Å². The van der Waals surface area contributed by atoms with Crippen molar-refractivity contribution in [2.75, 3.05) is 0 Å². The van der Waals surface area contributed by atoms with Gasteiger partial charge in [-0.2, -0.15) is 0 Å². The Morgan fingerprint density at radius 3 is 1.44 bits per heavy atom. The first-order chi connectivity index (χ1) is 32.6. The van der Waals surface area contributed by atoms with Gasteiger partial charge in [-0.05, 0) is 71.1 Å². The van der Waals surface area contributed by atoms with Crippen LogP contribution in [0.1, 0.15) is 0 Å². The summed E-state index contributed by atoms with van der Waals surface area (Å²) in [5, 5.41) is 6.50. The van der Waals surface area contributed by atoms with Gasteiger partial charge in [0.2, 0.25) is 0 Å². The zero-order valence-corrected chi connectivity index (χ0v) is 35.3. The van der Waals surface area contributed by atoms with Gasteiger partial charge in [0, 0.05) is 60.3 Å². The molecule has 0 aliphatic carbocycles. The van der Waals surface area contributed by atoms with Gasteiger partial charge < -0.3 is 8.83 Å². The molecule has 4 aromatic heterocycles. The molecule has 308 valence electrons. The van der Waals surface area contributed by atoms with E-state index >= 15 is 0 Å². The van der Waals surface area contributed by atoms with E-state index in [2.05, 4.69) is 121 Å². The normalized spacial score (nSPS) is 11.6. The second-order valence-corrected chi connectivity index (χ2v) is 16.4. The van der Waals surface area contributed by atoms with Gasteiger partial charge in [-0.25, -0.2) is 24.9 Å².